The van der Waals surface area contributed by atoms with Gasteiger partial charge in [0.05, 0.1) is 17.1 Å². The van der Waals surface area contributed by atoms with Crippen LogP contribution in [0.3, 0.4) is 0 Å². The van der Waals surface area contributed by atoms with Crippen LogP contribution in [0, 0.1) is 17.5 Å². The van der Waals surface area contributed by atoms with Crippen molar-refractivity contribution in [1.82, 2.24) is 4.57 Å². The number of aliphatic hydroxyl groups is 1. The van der Waals surface area contributed by atoms with Gasteiger partial charge in [-0.25, -0.2) is 18.0 Å². The van der Waals surface area contributed by atoms with Gasteiger partial charge in [-0.3, -0.25) is 9.59 Å². The number of aliphatic hydroxyl groups excluding tert-OH is 1. The Bertz CT molecular complexity index is 1330. The van der Waals surface area contributed by atoms with Crippen LogP contribution in [-0.4, -0.2) is 26.5 Å². The number of halogens is 4. The highest BCUT2D eigenvalue weighted by atomic mass is 35.5. The summed E-state index contributed by atoms with van der Waals surface area (Å²) in [6.45, 7) is -0.553. The molecule has 0 bridgehead atoms. The Morgan fingerprint density at radius 3 is 2.24 bits per heavy atom. The van der Waals surface area contributed by atoms with Crippen LogP contribution in [0.25, 0.3) is 5.76 Å². The number of rotatable bonds is 7. The molecule has 0 spiro atoms. The number of aromatic nitrogens is 1. The summed E-state index contributed by atoms with van der Waals surface area (Å²) in [4.78, 5) is 35.1. The summed E-state index contributed by atoms with van der Waals surface area (Å²) in [7, 11) is 0. The molecule has 0 saturated carbocycles. The van der Waals surface area contributed by atoms with Crippen LogP contribution in [0.4, 0.5) is 13.2 Å². The van der Waals surface area contributed by atoms with Crippen molar-refractivity contribution >= 4 is 29.1 Å². The Labute approximate surface area is 189 Å². The van der Waals surface area contributed by atoms with Crippen molar-refractivity contribution < 1.29 is 33.0 Å². The van der Waals surface area contributed by atoms with E-state index in [9.17, 15) is 32.7 Å². The normalized spacial score (nSPS) is 11.5. The van der Waals surface area contributed by atoms with E-state index in [2.05, 4.69) is 0 Å². The molecular formula is C23H15ClF3NO5. The maximum atomic E-state index is 14.1. The molecule has 2 N–H and O–H groups in total. The Kier molecular flexibility index (Phi) is 7.03. The number of hydrogen-bond donors (Lipinski definition) is 2. The zero-order valence-electron chi connectivity index (χ0n) is 16.7. The molecule has 0 aliphatic carbocycles. The number of benzene rings is 2. The lowest BCUT2D eigenvalue weighted by molar-refractivity contribution is -0.146. The molecule has 0 saturated heterocycles. The quantitative estimate of drug-likeness (QED) is 0.303. The fourth-order valence-electron chi connectivity index (χ4n) is 3.10. The summed E-state index contributed by atoms with van der Waals surface area (Å²) < 4.78 is 42.7. The molecule has 1 aromatic heterocycles. The lowest BCUT2D eigenvalue weighted by Crippen LogP contribution is -2.25. The zero-order valence-corrected chi connectivity index (χ0v) is 17.4. The zero-order chi connectivity index (χ0) is 24.3. The van der Waals surface area contributed by atoms with Crippen LogP contribution < -0.4 is 5.56 Å². The monoisotopic (exact) mass is 477 g/mol. The third kappa shape index (κ3) is 5.50. The van der Waals surface area contributed by atoms with Crippen molar-refractivity contribution in [1.29, 1.82) is 0 Å². The minimum absolute atomic E-state index is 0.0627. The van der Waals surface area contributed by atoms with Crippen LogP contribution in [0.5, 0.6) is 0 Å². The minimum Gasteiger partial charge on any atom is -0.507 e. The summed E-state index contributed by atoms with van der Waals surface area (Å²) in [5.74, 6) is -6.72. The van der Waals surface area contributed by atoms with E-state index in [0.717, 1.165) is 28.8 Å². The number of carboxylic acid groups (broad SMARTS) is 1. The third-order valence-corrected chi connectivity index (χ3v) is 4.97. The van der Waals surface area contributed by atoms with Gasteiger partial charge in [-0.05, 0) is 47.9 Å². The second-order valence-electron chi connectivity index (χ2n) is 7.02. The molecule has 10 heteroatoms. The van der Waals surface area contributed by atoms with Crippen LogP contribution in [0.2, 0.25) is 5.02 Å². The van der Waals surface area contributed by atoms with Gasteiger partial charge in [-0.2, -0.15) is 0 Å². The SMILES string of the molecule is O=C(O)C(=O)C=C(O)c1cc(Cc2ccc(F)c(Cl)c2)cn(Cc2c(F)cccc2F)c1=O. The Morgan fingerprint density at radius 1 is 0.970 bits per heavy atom. The Hall–Kier alpha value is -3.85. The summed E-state index contributed by atoms with van der Waals surface area (Å²) >= 11 is 5.79. The molecule has 2 aromatic carbocycles. The van der Waals surface area contributed by atoms with Gasteiger partial charge in [-0.15, -0.1) is 0 Å². The number of hydrogen-bond acceptors (Lipinski definition) is 4. The number of carbonyl (C=O) groups is 2. The lowest BCUT2D eigenvalue weighted by Gasteiger charge is -2.13. The smallest absolute Gasteiger partial charge is 0.376 e. The fraction of sp³-hybridized carbons (Fsp3) is 0.0870. The summed E-state index contributed by atoms with van der Waals surface area (Å²) in [6, 6.07) is 8.27. The molecule has 0 atom stereocenters. The van der Waals surface area contributed by atoms with Gasteiger partial charge in [0.2, 0.25) is 0 Å². The molecule has 6 nitrogen and oxygen atoms in total. The number of nitrogens with zero attached hydrogens (tertiary/aromatic N) is 1. The first-order chi connectivity index (χ1) is 15.6. The van der Waals surface area contributed by atoms with E-state index in [1.807, 2.05) is 0 Å². The summed E-state index contributed by atoms with van der Waals surface area (Å²) in [5.41, 5.74) is -0.971. The van der Waals surface area contributed by atoms with E-state index in [0.29, 0.717) is 17.2 Å². The molecule has 3 aromatic rings. The molecule has 33 heavy (non-hydrogen) atoms. The van der Waals surface area contributed by atoms with Gasteiger partial charge < -0.3 is 14.8 Å². The molecule has 0 radical (unpaired) electrons. The molecule has 1 heterocycles. The van der Waals surface area contributed by atoms with Crippen molar-refractivity contribution in [3.63, 3.8) is 0 Å². The van der Waals surface area contributed by atoms with Crippen molar-refractivity contribution in [2.45, 2.75) is 13.0 Å². The predicted octanol–water partition coefficient (Wildman–Crippen LogP) is 4.11. The third-order valence-electron chi connectivity index (χ3n) is 4.68. The Balaban J connectivity index is 2.13. The number of carboxylic acids is 1. The second-order valence-corrected chi connectivity index (χ2v) is 7.43. The molecule has 0 aliphatic heterocycles. The van der Waals surface area contributed by atoms with E-state index < -0.39 is 58.2 Å². The number of carbonyl (C=O) groups excluding carboxylic acids is 1. The highest BCUT2D eigenvalue weighted by Crippen LogP contribution is 2.20. The van der Waals surface area contributed by atoms with Crippen LogP contribution in [0.1, 0.15) is 22.3 Å². The van der Waals surface area contributed by atoms with Crippen molar-refractivity contribution in [2.24, 2.45) is 0 Å². The highest BCUT2D eigenvalue weighted by Gasteiger charge is 2.17. The number of aliphatic carboxylic acids is 1. The molecule has 0 unspecified atom stereocenters. The van der Waals surface area contributed by atoms with Crippen molar-refractivity contribution in [3.8, 4) is 0 Å². The summed E-state index contributed by atoms with van der Waals surface area (Å²) in [5, 5.41) is 18.8. The minimum atomic E-state index is -1.85. The van der Waals surface area contributed by atoms with Crippen molar-refractivity contribution in [2.75, 3.05) is 0 Å². The van der Waals surface area contributed by atoms with Gasteiger partial charge in [0.15, 0.2) is 0 Å². The first kappa shape index (κ1) is 23.8. The van der Waals surface area contributed by atoms with Gasteiger partial charge in [0, 0.05) is 17.8 Å². The average Bonchev–Trinajstić information content (AvgIpc) is 2.75. The van der Waals surface area contributed by atoms with Crippen LogP contribution in [-0.2, 0) is 22.6 Å². The highest BCUT2D eigenvalue weighted by molar-refractivity contribution is 6.38. The van der Waals surface area contributed by atoms with Gasteiger partial charge in [0.25, 0.3) is 11.3 Å². The van der Waals surface area contributed by atoms with Gasteiger partial charge in [0.1, 0.15) is 23.2 Å². The largest absolute Gasteiger partial charge is 0.507 e. The van der Waals surface area contributed by atoms with E-state index in [4.69, 9.17) is 16.7 Å². The maximum absolute atomic E-state index is 14.1. The molecule has 0 fully saturated rings. The lowest BCUT2D eigenvalue weighted by atomic mass is 10.0. The number of pyridine rings is 1. The molecule has 170 valence electrons. The predicted molar refractivity (Wildman–Crippen MR) is 114 cm³/mol. The van der Waals surface area contributed by atoms with Gasteiger partial charge >= 0.3 is 5.97 Å². The first-order valence-electron chi connectivity index (χ1n) is 9.35. The molecule has 3 rings (SSSR count). The van der Waals surface area contributed by atoms with E-state index in [1.54, 1.807) is 0 Å². The standard InChI is InChI=1S/C23H15ClF3NO5/c24-16-8-12(4-5-19(16)27)6-13-7-14(20(29)9-21(30)23(32)33)22(31)28(10-13)11-15-17(25)2-1-3-18(15)26/h1-5,7-10,29H,6,11H2,(H,32,33). The first-order valence-corrected chi connectivity index (χ1v) is 9.73. The van der Waals surface area contributed by atoms with E-state index in [1.165, 1.54) is 24.4 Å². The molecule has 0 amide bonds. The van der Waals surface area contributed by atoms with Gasteiger partial charge in [-0.1, -0.05) is 23.7 Å². The van der Waals surface area contributed by atoms with Crippen LogP contribution in [0.15, 0.2) is 59.5 Å². The Morgan fingerprint density at radius 2 is 1.64 bits per heavy atom. The maximum Gasteiger partial charge on any atom is 0.376 e. The van der Waals surface area contributed by atoms with E-state index >= 15 is 0 Å². The number of ketones is 1. The fourth-order valence-corrected chi connectivity index (χ4v) is 3.30. The summed E-state index contributed by atoms with van der Waals surface area (Å²) in [6.07, 6.45) is 1.69. The average molecular weight is 478 g/mol. The molecular weight excluding hydrogens is 463 g/mol. The topological polar surface area (TPSA) is 96.6 Å². The second kappa shape index (κ2) is 9.74. The van der Waals surface area contributed by atoms with Crippen molar-refractivity contribution in [3.05, 3.63) is 110 Å². The van der Waals surface area contributed by atoms with Crippen LogP contribution >= 0.6 is 11.6 Å². The molecule has 0 aliphatic rings. The van der Waals surface area contributed by atoms with E-state index in [-0.39, 0.29) is 11.4 Å².